The summed E-state index contributed by atoms with van der Waals surface area (Å²) in [7, 11) is 4.22. The van der Waals surface area contributed by atoms with Crippen molar-refractivity contribution in [1.82, 2.24) is 0 Å². The van der Waals surface area contributed by atoms with Crippen molar-refractivity contribution in [2.45, 2.75) is 12.2 Å². The largest absolute Gasteiger partial charge is 0.508 e. The van der Waals surface area contributed by atoms with Crippen molar-refractivity contribution in [2.24, 2.45) is 0 Å². The summed E-state index contributed by atoms with van der Waals surface area (Å²) in [5.41, 5.74) is 0.294. The van der Waals surface area contributed by atoms with Gasteiger partial charge in [-0.25, -0.2) is 0 Å². The van der Waals surface area contributed by atoms with Gasteiger partial charge in [-0.3, -0.25) is 4.79 Å². The van der Waals surface area contributed by atoms with Crippen molar-refractivity contribution in [3.63, 3.8) is 0 Å². The Morgan fingerprint density at radius 2 is 1.63 bits per heavy atom. The van der Waals surface area contributed by atoms with Crippen molar-refractivity contribution < 1.29 is 43.4 Å². The number of benzene rings is 3. The number of methoxy groups -OCH3 is 3. The molecule has 0 unspecified atom stereocenters. The van der Waals surface area contributed by atoms with Gasteiger partial charge in [0.05, 0.1) is 33.3 Å². The Bertz CT molecular complexity index is 1510. The first-order valence-electron chi connectivity index (χ1n) is 10.6. The molecule has 10 nitrogen and oxygen atoms in total. The second-order valence-electron chi connectivity index (χ2n) is 7.87. The molecule has 0 saturated heterocycles. The van der Waals surface area contributed by atoms with Gasteiger partial charge < -0.3 is 43.4 Å². The van der Waals surface area contributed by atoms with E-state index in [1.807, 2.05) is 0 Å². The molecule has 2 heterocycles. The summed E-state index contributed by atoms with van der Waals surface area (Å²) in [6, 6.07) is 8.74. The smallest absolute Gasteiger partial charge is 0.209 e. The Labute approximate surface area is 198 Å². The first-order valence-corrected chi connectivity index (χ1v) is 10.6. The first kappa shape index (κ1) is 22.5. The van der Waals surface area contributed by atoms with Crippen LogP contribution in [-0.4, -0.2) is 49.4 Å². The standard InChI is InChI=1S/C25H22O10/c1-30-15-6-11(4-5-14(15)28)22-19(10-26)34-25-23-13(9-18(32-3)24(25)35-22)21(29)20-16(31-2)7-12(27)8-17(20)33-23/h4-9,19,22,26-28H,10H2,1-3H3/t19-,22-/m1/s1. The quantitative estimate of drug-likeness (QED) is 0.364. The summed E-state index contributed by atoms with van der Waals surface area (Å²) >= 11 is 0. The Balaban J connectivity index is 1.75. The molecular formula is C25H22O10. The normalized spacial score (nSPS) is 16.9. The van der Waals surface area contributed by atoms with E-state index in [1.54, 1.807) is 12.1 Å². The molecule has 1 aliphatic heterocycles. The number of phenolic OH excluding ortho intramolecular Hbond substituents is 2. The second-order valence-corrected chi connectivity index (χ2v) is 7.87. The van der Waals surface area contributed by atoms with E-state index in [-0.39, 0.29) is 62.2 Å². The highest BCUT2D eigenvalue weighted by atomic mass is 16.6. The summed E-state index contributed by atoms with van der Waals surface area (Å²) in [4.78, 5) is 13.4. The molecule has 35 heavy (non-hydrogen) atoms. The minimum absolute atomic E-state index is 0.0511. The van der Waals surface area contributed by atoms with Gasteiger partial charge in [-0.05, 0) is 18.2 Å². The fourth-order valence-electron chi connectivity index (χ4n) is 4.23. The summed E-state index contributed by atoms with van der Waals surface area (Å²) in [6.07, 6.45) is -1.70. The molecule has 0 aliphatic carbocycles. The average molecular weight is 482 g/mol. The van der Waals surface area contributed by atoms with Crippen LogP contribution in [0.5, 0.6) is 40.2 Å². The van der Waals surface area contributed by atoms with Gasteiger partial charge in [0.25, 0.3) is 0 Å². The van der Waals surface area contributed by atoms with E-state index in [0.717, 1.165) is 0 Å². The van der Waals surface area contributed by atoms with Gasteiger partial charge in [-0.2, -0.15) is 0 Å². The Morgan fingerprint density at radius 3 is 2.31 bits per heavy atom. The third-order valence-corrected chi connectivity index (χ3v) is 5.89. The maximum Gasteiger partial charge on any atom is 0.209 e. The molecule has 0 fully saturated rings. The maximum absolute atomic E-state index is 13.4. The third kappa shape index (κ3) is 3.50. The highest BCUT2D eigenvalue weighted by Gasteiger charge is 2.37. The molecule has 5 rings (SSSR count). The van der Waals surface area contributed by atoms with E-state index in [4.69, 9.17) is 28.1 Å². The molecule has 1 aromatic heterocycles. The van der Waals surface area contributed by atoms with Crippen LogP contribution >= 0.6 is 0 Å². The number of fused-ring (bicyclic) bond motifs is 4. The number of hydrogen-bond donors (Lipinski definition) is 3. The van der Waals surface area contributed by atoms with Crippen LogP contribution in [0.15, 0.2) is 45.6 Å². The van der Waals surface area contributed by atoms with E-state index in [0.29, 0.717) is 5.56 Å². The number of hydrogen-bond acceptors (Lipinski definition) is 10. The van der Waals surface area contributed by atoms with Gasteiger partial charge in [0.2, 0.25) is 16.9 Å². The van der Waals surface area contributed by atoms with E-state index in [1.165, 1.54) is 45.6 Å². The van der Waals surface area contributed by atoms with Crippen molar-refractivity contribution in [3.05, 3.63) is 52.2 Å². The third-order valence-electron chi connectivity index (χ3n) is 5.89. The van der Waals surface area contributed by atoms with Gasteiger partial charge in [0.1, 0.15) is 22.5 Å². The lowest BCUT2D eigenvalue weighted by molar-refractivity contribution is -0.0134. The minimum Gasteiger partial charge on any atom is -0.508 e. The SMILES string of the molecule is COc1cc([C@H]2Oc3c(OC)cc4c(=O)c5c(OC)cc(O)cc5oc4c3O[C@@H]2CO)ccc1O. The van der Waals surface area contributed by atoms with E-state index in [9.17, 15) is 20.1 Å². The molecule has 0 bridgehead atoms. The predicted octanol–water partition coefficient (Wildman–Crippen LogP) is 3.26. The van der Waals surface area contributed by atoms with Crippen LogP contribution in [-0.2, 0) is 0 Å². The fraction of sp³-hybridized carbons (Fsp3) is 0.240. The van der Waals surface area contributed by atoms with Crippen LogP contribution in [0.1, 0.15) is 11.7 Å². The predicted molar refractivity (Wildman–Crippen MR) is 124 cm³/mol. The Morgan fingerprint density at radius 1 is 0.886 bits per heavy atom. The maximum atomic E-state index is 13.4. The second kappa shape index (κ2) is 8.48. The Kier molecular flexibility index (Phi) is 5.45. The number of rotatable bonds is 5. The zero-order chi connectivity index (χ0) is 24.9. The topological polar surface area (TPSA) is 137 Å². The molecule has 3 aromatic carbocycles. The lowest BCUT2D eigenvalue weighted by atomic mass is 10.0. The molecular weight excluding hydrogens is 460 g/mol. The minimum atomic E-state index is -0.897. The monoisotopic (exact) mass is 482 g/mol. The van der Waals surface area contributed by atoms with E-state index >= 15 is 0 Å². The number of aromatic hydroxyl groups is 2. The van der Waals surface area contributed by atoms with Crippen molar-refractivity contribution in [1.29, 1.82) is 0 Å². The van der Waals surface area contributed by atoms with Crippen molar-refractivity contribution >= 4 is 21.9 Å². The van der Waals surface area contributed by atoms with Crippen LogP contribution in [0.25, 0.3) is 21.9 Å². The molecule has 10 heteroatoms. The van der Waals surface area contributed by atoms with Gasteiger partial charge in [0.15, 0.2) is 35.0 Å². The van der Waals surface area contributed by atoms with Crippen LogP contribution in [0.3, 0.4) is 0 Å². The summed E-state index contributed by atoms with van der Waals surface area (Å²) in [5, 5.41) is 30.4. The Hall–Kier alpha value is -4.31. The van der Waals surface area contributed by atoms with E-state index in [2.05, 4.69) is 0 Å². The zero-order valence-corrected chi connectivity index (χ0v) is 19.0. The van der Waals surface area contributed by atoms with E-state index < -0.39 is 24.2 Å². The average Bonchev–Trinajstić information content (AvgIpc) is 2.87. The van der Waals surface area contributed by atoms with Crippen molar-refractivity contribution in [2.75, 3.05) is 27.9 Å². The number of aliphatic hydroxyl groups is 1. The molecule has 2 atom stereocenters. The first-order chi connectivity index (χ1) is 16.9. The molecule has 4 aromatic rings. The lowest BCUT2D eigenvalue weighted by Crippen LogP contribution is -2.36. The van der Waals surface area contributed by atoms with Gasteiger partial charge in [-0.15, -0.1) is 0 Å². The summed E-state index contributed by atoms with van der Waals surface area (Å²) in [5.74, 6) is 0.627. The van der Waals surface area contributed by atoms with Crippen LogP contribution < -0.4 is 29.1 Å². The number of phenols is 2. The summed E-state index contributed by atoms with van der Waals surface area (Å²) < 4.78 is 34.3. The molecule has 0 saturated carbocycles. The van der Waals surface area contributed by atoms with Gasteiger partial charge >= 0.3 is 0 Å². The lowest BCUT2D eigenvalue weighted by Gasteiger charge is -2.34. The summed E-state index contributed by atoms with van der Waals surface area (Å²) in [6.45, 7) is -0.432. The highest BCUT2D eigenvalue weighted by molar-refractivity contribution is 5.98. The van der Waals surface area contributed by atoms with Crippen LogP contribution in [0.4, 0.5) is 0 Å². The van der Waals surface area contributed by atoms with Gasteiger partial charge in [-0.1, -0.05) is 6.07 Å². The van der Waals surface area contributed by atoms with Crippen LogP contribution in [0, 0.1) is 0 Å². The number of ether oxygens (including phenoxy) is 5. The number of aliphatic hydroxyl groups excluding tert-OH is 1. The molecule has 1 aliphatic rings. The van der Waals surface area contributed by atoms with Crippen molar-refractivity contribution in [3.8, 4) is 40.2 Å². The molecule has 0 spiro atoms. The highest BCUT2D eigenvalue weighted by Crippen LogP contribution is 2.50. The zero-order valence-electron chi connectivity index (χ0n) is 19.0. The molecule has 3 N–H and O–H groups in total. The fourth-order valence-corrected chi connectivity index (χ4v) is 4.23. The molecule has 182 valence electrons. The molecule has 0 radical (unpaired) electrons. The van der Waals surface area contributed by atoms with Gasteiger partial charge in [0, 0.05) is 17.7 Å². The molecule has 0 amide bonds. The van der Waals surface area contributed by atoms with Crippen LogP contribution in [0.2, 0.25) is 0 Å².